The zero-order valence-corrected chi connectivity index (χ0v) is 12.0. The molecule has 1 saturated carbocycles. The Morgan fingerprint density at radius 3 is 2.56 bits per heavy atom. The first-order valence-corrected chi connectivity index (χ1v) is 7.77. The Morgan fingerprint density at radius 2 is 2.06 bits per heavy atom. The van der Waals surface area contributed by atoms with Gasteiger partial charge >= 0.3 is 0 Å². The summed E-state index contributed by atoms with van der Waals surface area (Å²) in [7, 11) is 0. The van der Waals surface area contributed by atoms with Gasteiger partial charge in [0.25, 0.3) is 0 Å². The molecule has 0 heterocycles. The van der Waals surface area contributed by atoms with E-state index in [9.17, 15) is 4.79 Å². The fraction of sp³-hybridized carbons (Fsp3) is 0.923. The van der Waals surface area contributed by atoms with Crippen LogP contribution < -0.4 is 0 Å². The molecule has 1 fully saturated rings. The highest BCUT2D eigenvalue weighted by Gasteiger charge is 2.27. The fourth-order valence-electron chi connectivity index (χ4n) is 2.11. The summed E-state index contributed by atoms with van der Waals surface area (Å²) in [6.07, 6.45) is 9.03. The van der Waals surface area contributed by atoms with Crippen LogP contribution >= 0.6 is 15.9 Å². The van der Waals surface area contributed by atoms with Crippen molar-refractivity contribution >= 4 is 21.8 Å². The standard InChI is InChI=1S/C13H24BrNO/c1-2-3-4-9-13(16)15(11-6-10-14)12-7-5-8-12/h12H,2-11H2,1H3. The van der Waals surface area contributed by atoms with Gasteiger partial charge in [-0.25, -0.2) is 0 Å². The molecule has 1 amide bonds. The molecular formula is C13H24BrNO. The van der Waals surface area contributed by atoms with Gasteiger partial charge in [-0.05, 0) is 32.1 Å². The number of amides is 1. The minimum atomic E-state index is 0.388. The van der Waals surface area contributed by atoms with Crippen LogP contribution in [-0.2, 0) is 4.79 Å². The van der Waals surface area contributed by atoms with Crippen molar-refractivity contribution in [1.29, 1.82) is 0 Å². The maximum Gasteiger partial charge on any atom is 0.222 e. The van der Waals surface area contributed by atoms with Crippen molar-refractivity contribution in [3.63, 3.8) is 0 Å². The number of carbonyl (C=O) groups is 1. The lowest BCUT2D eigenvalue weighted by atomic mass is 9.91. The van der Waals surface area contributed by atoms with E-state index in [-0.39, 0.29) is 0 Å². The van der Waals surface area contributed by atoms with Gasteiger partial charge in [0, 0.05) is 24.3 Å². The predicted octanol–water partition coefficient (Wildman–Crippen LogP) is 3.73. The van der Waals surface area contributed by atoms with Crippen LogP contribution in [0, 0.1) is 0 Å². The summed E-state index contributed by atoms with van der Waals surface area (Å²) in [6, 6.07) is 0.563. The molecule has 0 aliphatic heterocycles. The van der Waals surface area contributed by atoms with Crippen molar-refractivity contribution in [3.8, 4) is 0 Å². The minimum Gasteiger partial charge on any atom is -0.340 e. The average Bonchev–Trinajstić information content (AvgIpc) is 2.21. The second kappa shape index (κ2) is 8.10. The Morgan fingerprint density at radius 1 is 1.31 bits per heavy atom. The van der Waals surface area contributed by atoms with E-state index in [1.807, 2.05) is 0 Å². The molecule has 0 radical (unpaired) electrons. The van der Waals surface area contributed by atoms with Crippen LogP contribution in [-0.4, -0.2) is 28.7 Å². The summed E-state index contributed by atoms with van der Waals surface area (Å²) in [6.45, 7) is 3.12. The number of rotatable bonds is 8. The molecule has 0 aromatic rings. The molecule has 0 saturated heterocycles. The van der Waals surface area contributed by atoms with Gasteiger partial charge in [-0.1, -0.05) is 35.7 Å². The monoisotopic (exact) mass is 289 g/mol. The van der Waals surface area contributed by atoms with Crippen molar-refractivity contribution < 1.29 is 4.79 Å². The van der Waals surface area contributed by atoms with Crippen molar-refractivity contribution in [2.45, 2.75) is 64.3 Å². The van der Waals surface area contributed by atoms with E-state index in [1.54, 1.807) is 0 Å². The van der Waals surface area contributed by atoms with E-state index < -0.39 is 0 Å². The summed E-state index contributed by atoms with van der Waals surface area (Å²) in [5.41, 5.74) is 0. The van der Waals surface area contributed by atoms with Crippen molar-refractivity contribution in [1.82, 2.24) is 4.90 Å². The topological polar surface area (TPSA) is 20.3 Å². The van der Waals surface area contributed by atoms with E-state index in [2.05, 4.69) is 27.8 Å². The molecule has 94 valence electrons. The van der Waals surface area contributed by atoms with Gasteiger partial charge in [0.05, 0.1) is 0 Å². The summed E-state index contributed by atoms with van der Waals surface area (Å²) in [5.74, 6) is 0.388. The molecule has 0 N–H and O–H groups in total. The first-order chi connectivity index (χ1) is 7.79. The number of alkyl halides is 1. The molecule has 16 heavy (non-hydrogen) atoms. The van der Waals surface area contributed by atoms with Crippen molar-refractivity contribution in [2.24, 2.45) is 0 Å². The highest BCUT2D eigenvalue weighted by atomic mass is 79.9. The van der Waals surface area contributed by atoms with Crippen LogP contribution in [0.2, 0.25) is 0 Å². The third kappa shape index (κ3) is 4.44. The number of nitrogens with zero attached hydrogens (tertiary/aromatic N) is 1. The lowest BCUT2D eigenvalue weighted by Crippen LogP contribution is -2.44. The molecule has 0 aromatic carbocycles. The molecular weight excluding hydrogens is 266 g/mol. The number of halogens is 1. The van der Waals surface area contributed by atoms with Crippen LogP contribution in [0.3, 0.4) is 0 Å². The Hall–Kier alpha value is -0.0500. The predicted molar refractivity (Wildman–Crippen MR) is 71.9 cm³/mol. The fourth-order valence-corrected chi connectivity index (χ4v) is 2.36. The number of hydrogen-bond acceptors (Lipinski definition) is 1. The lowest BCUT2D eigenvalue weighted by Gasteiger charge is -2.37. The molecule has 0 unspecified atom stereocenters. The normalized spacial score (nSPS) is 15.9. The van der Waals surface area contributed by atoms with E-state index in [0.29, 0.717) is 11.9 Å². The van der Waals surface area contributed by atoms with Crippen LogP contribution in [0.15, 0.2) is 0 Å². The summed E-state index contributed by atoms with van der Waals surface area (Å²) in [4.78, 5) is 14.2. The molecule has 2 nitrogen and oxygen atoms in total. The van der Waals surface area contributed by atoms with Gasteiger partial charge in [-0.2, -0.15) is 0 Å². The SMILES string of the molecule is CCCCCC(=O)N(CCCBr)C1CCC1. The Balaban J connectivity index is 2.31. The summed E-state index contributed by atoms with van der Waals surface area (Å²) >= 11 is 3.44. The van der Waals surface area contributed by atoms with E-state index in [1.165, 1.54) is 32.1 Å². The maximum absolute atomic E-state index is 12.1. The van der Waals surface area contributed by atoms with E-state index in [4.69, 9.17) is 0 Å². The average molecular weight is 290 g/mol. The molecule has 1 aliphatic carbocycles. The van der Waals surface area contributed by atoms with Crippen LogP contribution in [0.25, 0.3) is 0 Å². The van der Waals surface area contributed by atoms with Crippen LogP contribution in [0.5, 0.6) is 0 Å². The second-order valence-corrected chi connectivity index (χ2v) is 5.46. The Bertz CT molecular complexity index is 204. The first kappa shape index (κ1) is 14.0. The zero-order chi connectivity index (χ0) is 11.8. The lowest BCUT2D eigenvalue weighted by molar-refractivity contribution is -0.135. The van der Waals surface area contributed by atoms with Gasteiger partial charge in [0.1, 0.15) is 0 Å². The van der Waals surface area contributed by atoms with Gasteiger partial charge in [-0.3, -0.25) is 4.79 Å². The quantitative estimate of drug-likeness (QED) is 0.492. The van der Waals surface area contributed by atoms with Crippen LogP contribution in [0.1, 0.15) is 58.3 Å². The van der Waals surface area contributed by atoms with Gasteiger partial charge < -0.3 is 4.90 Å². The Labute approximate surface area is 108 Å². The van der Waals surface area contributed by atoms with E-state index in [0.717, 1.165) is 31.1 Å². The third-order valence-corrected chi connectivity index (χ3v) is 3.92. The molecule has 0 bridgehead atoms. The third-order valence-electron chi connectivity index (χ3n) is 3.36. The molecule has 3 heteroatoms. The first-order valence-electron chi connectivity index (χ1n) is 6.65. The smallest absolute Gasteiger partial charge is 0.222 e. The molecule has 0 atom stereocenters. The van der Waals surface area contributed by atoms with Crippen molar-refractivity contribution in [2.75, 3.05) is 11.9 Å². The zero-order valence-electron chi connectivity index (χ0n) is 10.4. The van der Waals surface area contributed by atoms with Crippen LogP contribution in [0.4, 0.5) is 0 Å². The number of unbranched alkanes of at least 4 members (excludes halogenated alkanes) is 2. The second-order valence-electron chi connectivity index (χ2n) is 4.67. The molecule has 0 aromatic heterocycles. The summed E-state index contributed by atoms with van der Waals surface area (Å²) < 4.78 is 0. The molecule has 1 rings (SSSR count). The largest absolute Gasteiger partial charge is 0.340 e. The van der Waals surface area contributed by atoms with Gasteiger partial charge in [0.15, 0.2) is 0 Å². The summed E-state index contributed by atoms with van der Waals surface area (Å²) in [5, 5.41) is 0.998. The van der Waals surface area contributed by atoms with Gasteiger partial charge in [0.2, 0.25) is 5.91 Å². The Kier molecular flexibility index (Phi) is 7.10. The molecule has 0 spiro atoms. The number of carbonyl (C=O) groups excluding carboxylic acids is 1. The van der Waals surface area contributed by atoms with Gasteiger partial charge in [-0.15, -0.1) is 0 Å². The molecule has 1 aliphatic rings. The highest BCUT2D eigenvalue weighted by molar-refractivity contribution is 9.09. The number of hydrogen-bond donors (Lipinski definition) is 0. The highest BCUT2D eigenvalue weighted by Crippen LogP contribution is 2.26. The van der Waals surface area contributed by atoms with E-state index >= 15 is 0 Å². The van der Waals surface area contributed by atoms with Crippen molar-refractivity contribution in [3.05, 3.63) is 0 Å². The minimum absolute atomic E-state index is 0.388. The maximum atomic E-state index is 12.1.